The Hall–Kier alpha value is -1.46. The Kier molecular flexibility index (Phi) is 2.55. The van der Waals surface area contributed by atoms with Crippen LogP contribution >= 0.6 is 0 Å². The van der Waals surface area contributed by atoms with E-state index in [1.165, 1.54) is 0 Å². The fourth-order valence-electron chi connectivity index (χ4n) is 1.04. The normalized spacial score (nSPS) is 11.7. The molecule has 0 aliphatic rings. The Bertz CT molecular complexity index is 346. The molecule has 0 fully saturated rings. The van der Waals surface area contributed by atoms with Gasteiger partial charge < -0.3 is 11.5 Å². The van der Waals surface area contributed by atoms with Crippen LogP contribution in [0.2, 0.25) is 0 Å². The third-order valence-corrected chi connectivity index (χ3v) is 1.76. The summed E-state index contributed by atoms with van der Waals surface area (Å²) in [5.41, 5.74) is 8.49. The molecule has 1 aromatic carbocycles. The summed E-state index contributed by atoms with van der Waals surface area (Å²) >= 11 is 0. The molecule has 0 radical (unpaired) electrons. The molecular weight excluding hydrogens is 200 g/mol. The van der Waals surface area contributed by atoms with E-state index in [0.717, 1.165) is 6.07 Å². The quantitative estimate of drug-likeness (QED) is 0.549. The summed E-state index contributed by atoms with van der Waals surface area (Å²) in [6.07, 6.45) is -4.56. The number of hydrogen-bond donors (Lipinski definition) is 2. The van der Waals surface area contributed by atoms with Gasteiger partial charge in [-0.1, -0.05) is 0 Å². The molecule has 0 atom stereocenters. The van der Waals surface area contributed by atoms with E-state index in [2.05, 4.69) is 0 Å². The molecule has 0 saturated heterocycles. The molecule has 14 heavy (non-hydrogen) atoms. The zero-order chi connectivity index (χ0) is 10.9. The lowest BCUT2D eigenvalue weighted by Gasteiger charge is -2.12. The maximum Gasteiger partial charge on any atom is 0.418 e. The first-order chi connectivity index (χ1) is 6.36. The van der Waals surface area contributed by atoms with Crippen LogP contribution < -0.4 is 11.5 Å². The lowest BCUT2D eigenvalue weighted by Crippen LogP contribution is -2.10. The van der Waals surface area contributed by atoms with Crippen LogP contribution in [0.1, 0.15) is 11.1 Å². The van der Waals surface area contributed by atoms with Crippen molar-refractivity contribution in [1.82, 2.24) is 0 Å². The van der Waals surface area contributed by atoms with Crippen LogP contribution in [0.3, 0.4) is 0 Å². The second-order valence-electron chi connectivity index (χ2n) is 2.77. The number of hydrogen-bond acceptors (Lipinski definition) is 2. The van der Waals surface area contributed by atoms with Gasteiger partial charge in [0.2, 0.25) is 0 Å². The van der Waals surface area contributed by atoms with E-state index in [1.54, 1.807) is 0 Å². The molecular formula is C8H8F4N2. The lowest BCUT2D eigenvalue weighted by molar-refractivity contribution is -0.136. The van der Waals surface area contributed by atoms with Gasteiger partial charge in [0.15, 0.2) is 0 Å². The van der Waals surface area contributed by atoms with Crippen molar-refractivity contribution >= 4 is 11.4 Å². The topological polar surface area (TPSA) is 52.0 Å². The molecule has 0 saturated carbocycles. The van der Waals surface area contributed by atoms with Crippen LogP contribution in [-0.4, -0.2) is 0 Å². The van der Waals surface area contributed by atoms with E-state index in [-0.39, 0.29) is 11.3 Å². The third-order valence-electron chi connectivity index (χ3n) is 1.76. The van der Waals surface area contributed by atoms with Gasteiger partial charge in [-0.2, -0.15) is 13.2 Å². The summed E-state index contributed by atoms with van der Waals surface area (Å²) in [7, 11) is 0. The Morgan fingerprint density at radius 1 is 1.07 bits per heavy atom. The van der Waals surface area contributed by atoms with Gasteiger partial charge in [-0.15, -0.1) is 0 Å². The van der Waals surface area contributed by atoms with Crippen LogP contribution in [0.5, 0.6) is 0 Å². The van der Waals surface area contributed by atoms with E-state index in [1.807, 2.05) is 0 Å². The summed E-state index contributed by atoms with van der Waals surface area (Å²) in [4.78, 5) is 0. The first kappa shape index (κ1) is 10.6. The van der Waals surface area contributed by atoms with Crippen molar-refractivity contribution in [3.63, 3.8) is 0 Å². The summed E-state index contributed by atoms with van der Waals surface area (Å²) in [6, 6.07) is 1.54. The van der Waals surface area contributed by atoms with Crippen LogP contribution in [-0.2, 0) is 12.9 Å². The number of halogens is 4. The number of nitrogens with two attached hydrogens (primary N) is 2. The van der Waals surface area contributed by atoms with Gasteiger partial charge in [0.1, 0.15) is 6.67 Å². The average molecular weight is 208 g/mol. The molecule has 2 nitrogen and oxygen atoms in total. The highest BCUT2D eigenvalue weighted by Gasteiger charge is 2.33. The second-order valence-corrected chi connectivity index (χ2v) is 2.77. The summed E-state index contributed by atoms with van der Waals surface area (Å²) in [6.45, 7) is -0.936. The van der Waals surface area contributed by atoms with Crippen molar-refractivity contribution < 1.29 is 17.6 Å². The highest BCUT2D eigenvalue weighted by molar-refractivity contribution is 5.61. The second kappa shape index (κ2) is 3.36. The van der Waals surface area contributed by atoms with Gasteiger partial charge in [0.25, 0.3) is 0 Å². The minimum Gasteiger partial charge on any atom is -0.398 e. The third kappa shape index (κ3) is 1.89. The van der Waals surface area contributed by atoms with Gasteiger partial charge in [0.05, 0.1) is 5.56 Å². The van der Waals surface area contributed by atoms with Crippen LogP contribution in [0.4, 0.5) is 28.9 Å². The molecule has 0 aromatic heterocycles. The molecule has 0 heterocycles. The number of alkyl halides is 4. The number of benzene rings is 1. The molecule has 6 heteroatoms. The Morgan fingerprint density at radius 2 is 1.64 bits per heavy atom. The lowest BCUT2D eigenvalue weighted by atomic mass is 10.1. The van der Waals surface area contributed by atoms with Gasteiger partial charge in [-0.05, 0) is 12.1 Å². The van der Waals surface area contributed by atoms with Crippen LogP contribution in [0.15, 0.2) is 12.1 Å². The van der Waals surface area contributed by atoms with Gasteiger partial charge >= 0.3 is 6.18 Å². The summed E-state index contributed by atoms with van der Waals surface area (Å²) in [5, 5.41) is 0. The summed E-state index contributed by atoms with van der Waals surface area (Å²) < 4.78 is 48.9. The fraction of sp³-hybridized carbons (Fsp3) is 0.250. The number of rotatable bonds is 1. The number of nitrogen functional groups attached to an aromatic ring is 2. The Balaban J connectivity index is 3.29. The zero-order valence-electron chi connectivity index (χ0n) is 7.03. The first-order valence-electron chi connectivity index (χ1n) is 3.67. The Labute approximate surface area is 77.5 Å². The fourth-order valence-corrected chi connectivity index (χ4v) is 1.04. The SMILES string of the molecule is Nc1cc(C(F)(F)F)c(N)cc1CF. The maximum atomic E-state index is 12.2. The minimum absolute atomic E-state index is 0.0319. The van der Waals surface area contributed by atoms with Crippen molar-refractivity contribution in [2.45, 2.75) is 12.9 Å². The van der Waals surface area contributed by atoms with Crippen LogP contribution in [0, 0.1) is 0 Å². The molecule has 0 aliphatic heterocycles. The van der Waals surface area contributed by atoms with Crippen molar-refractivity contribution in [2.75, 3.05) is 11.5 Å². The van der Waals surface area contributed by atoms with E-state index >= 15 is 0 Å². The molecule has 78 valence electrons. The predicted molar refractivity (Wildman–Crippen MR) is 45.1 cm³/mol. The first-order valence-corrected chi connectivity index (χ1v) is 3.67. The average Bonchev–Trinajstić information content (AvgIpc) is 2.06. The van der Waals surface area contributed by atoms with E-state index < -0.39 is 24.1 Å². The molecule has 0 unspecified atom stereocenters. The van der Waals surface area contributed by atoms with Crippen molar-refractivity contribution in [1.29, 1.82) is 0 Å². The van der Waals surface area contributed by atoms with Gasteiger partial charge in [-0.25, -0.2) is 4.39 Å². The highest BCUT2D eigenvalue weighted by atomic mass is 19.4. The smallest absolute Gasteiger partial charge is 0.398 e. The predicted octanol–water partition coefficient (Wildman–Crippen LogP) is 2.34. The standard InChI is InChI=1S/C8H8F4N2/c9-3-4-1-7(14)5(2-6(4)13)8(10,11)12/h1-2H,3,13-14H2. The summed E-state index contributed by atoms with van der Waals surface area (Å²) in [5.74, 6) is 0. The highest BCUT2D eigenvalue weighted by Crippen LogP contribution is 2.36. The molecule has 0 spiro atoms. The van der Waals surface area contributed by atoms with Crippen LogP contribution in [0.25, 0.3) is 0 Å². The Morgan fingerprint density at radius 3 is 2.07 bits per heavy atom. The molecule has 4 N–H and O–H groups in total. The molecule has 0 bridgehead atoms. The van der Waals surface area contributed by atoms with E-state index in [4.69, 9.17) is 11.5 Å². The van der Waals surface area contributed by atoms with Crippen molar-refractivity contribution in [2.24, 2.45) is 0 Å². The number of anilines is 2. The zero-order valence-corrected chi connectivity index (χ0v) is 7.03. The van der Waals surface area contributed by atoms with Crippen molar-refractivity contribution in [3.8, 4) is 0 Å². The van der Waals surface area contributed by atoms with E-state index in [0.29, 0.717) is 6.07 Å². The molecule has 1 rings (SSSR count). The monoisotopic (exact) mass is 208 g/mol. The molecule has 1 aromatic rings. The van der Waals surface area contributed by atoms with E-state index in [9.17, 15) is 17.6 Å². The maximum absolute atomic E-state index is 12.2. The van der Waals surface area contributed by atoms with Crippen molar-refractivity contribution in [3.05, 3.63) is 23.3 Å². The minimum atomic E-state index is -4.56. The van der Waals surface area contributed by atoms with Gasteiger partial charge in [0, 0.05) is 16.9 Å². The van der Waals surface area contributed by atoms with Gasteiger partial charge in [-0.3, -0.25) is 0 Å². The molecule has 0 aliphatic carbocycles. The largest absolute Gasteiger partial charge is 0.418 e. The molecule has 0 amide bonds.